The van der Waals surface area contributed by atoms with Crippen LogP contribution in [-0.2, 0) is 9.59 Å². The van der Waals surface area contributed by atoms with E-state index in [1.807, 2.05) is 6.07 Å². The Labute approximate surface area is 228 Å². The normalized spacial score (nSPS) is 23.8. The summed E-state index contributed by atoms with van der Waals surface area (Å²) in [6.07, 6.45) is 5.00. The highest BCUT2D eigenvalue weighted by molar-refractivity contribution is 6.32. The number of nitrogens with zero attached hydrogens (tertiary/aromatic N) is 2. The Morgan fingerprint density at radius 3 is 2.16 bits per heavy atom. The van der Waals surface area contributed by atoms with Gasteiger partial charge in [-0.2, -0.15) is 0 Å². The van der Waals surface area contributed by atoms with E-state index < -0.39 is 35.7 Å². The largest absolute Gasteiger partial charge is 0.359 e. The number of amides is 2. The van der Waals surface area contributed by atoms with Gasteiger partial charge in [0.15, 0.2) is 11.6 Å². The van der Waals surface area contributed by atoms with Crippen molar-refractivity contribution >= 4 is 52.3 Å². The Hall–Kier alpha value is -4.00. The fourth-order valence-electron chi connectivity index (χ4n) is 5.61. The van der Waals surface area contributed by atoms with Gasteiger partial charge in [-0.05, 0) is 48.5 Å². The van der Waals surface area contributed by atoms with Gasteiger partial charge in [-0.25, -0.2) is 4.90 Å². The number of rotatable bonds is 5. The lowest BCUT2D eigenvalue weighted by Gasteiger charge is -2.32. The van der Waals surface area contributed by atoms with Crippen molar-refractivity contribution in [1.82, 2.24) is 4.90 Å². The molecule has 0 bridgehead atoms. The topological polar surface area (TPSA) is 74.8 Å². The van der Waals surface area contributed by atoms with Crippen molar-refractivity contribution in [2.24, 2.45) is 11.8 Å². The summed E-state index contributed by atoms with van der Waals surface area (Å²) < 4.78 is 0. The predicted molar refractivity (Wildman–Crippen MR) is 144 cm³/mol. The third-order valence-electron chi connectivity index (χ3n) is 7.31. The number of imide groups is 1. The van der Waals surface area contributed by atoms with E-state index in [-0.39, 0.29) is 11.6 Å². The minimum Gasteiger partial charge on any atom is -0.359 e. The molecule has 0 unspecified atom stereocenters. The summed E-state index contributed by atoms with van der Waals surface area (Å²) in [7, 11) is 0. The number of hydrogen-bond acceptors (Lipinski definition) is 5. The maximum atomic E-state index is 13.8. The third-order valence-corrected chi connectivity index (χ3v) is 7.80. The molecule has 0 saturated carbocycles. The number of benzene rings is 3. The zero-order valence-corrected chi connectivity index (χ0v) is 21.3. The van der Waals surface area contributed by atoms with Gasteiger partial charge in [0.25, 0.3) is 0 Å². The molecule has 0 spiro atoms. The van der Waals surface area contributed by atoms with Crippen LogP contribution in [0.5, 0.6) is 0 Å². The molecule has 3 aromatic rings. The Kier molecular flexibility index (Phi) is 6.01. The average molecular weight is 543 g/mol. The molecule has 2 fully saturated rings. The maximum Gasteiger partial charge on any atom is 0.240 e. The monoisotopic (exact) mass is 542 g/mol. The van der Waals surface area contributed by atoms with Gasteiger partial charge in [0.2, 0.25) is 11.8 Å². The molecule has 0 aromatic heterocycles. The molecule has 2 saturated heterocycles. The zero-order valence-electron chi connectivity index (χ0n) is 19.8. The van der Waals surface area contributed by atoms with Crippen molar-refractivity contribution in [2.45, 2.75) is 12.1 Å². The van der Waals surface area contributed by atoms with Crippen molar-refractivity contribution < 1.29 is 19.2 Å². The number of allylic oxidation sites excluding steroid dienone is 2. The quantitative estimate of drug-likeness (QED) is 0.320. The SMILES string of the molecule is O=C(C1=C[C@@H]2[C@H]3C(=O)N(c4cccc(Cl)c4)C(=O)[C@@H]3[C@H](C(=O)c3ccc(Cl)cc3)N2C=C1)c1ccccc1. The zero-order chi connectivity index (χ0) is 26.6. The van der Waals surface area contributed by atoms with Crippen LogP contribution in [0.15, 0.2) is 103 Å². The van der Waals surface area contributed by atoms with Gasteiger partial charge in [0.1, 0.15) is 6.04 Å². The second-order valence-electron chi connectivity index (χ2n) is 9.43. The molecule has 0 aliphatic carbocycles. The smallest absolute Gasteiger partial charge is 0.240 e. The van der Waals surface area contributed by atoms with Gasteiger partial charge >= 0.3 is 0 Å². The van der Waals surface area contributed by atoms with E-state index in [1.54, 1.807) is 96.0 Å². The number of Topliss-reactive ketones (excluding diaryl/α,β-unsaturated/α-hetero) is 2. The number of ketones is 2. The maximum absolute atomic E-state index is 13.8. The van der Waals surface area contributed by atoms with E-state index in [4.69, 9.17) is 23.2 Å². The Morgan fingerprint density at radius 2 is 1.45 bits per heavy atom. The summed E-state index contributed by atoms with van der Waals surface area (Å²) in [6, 6.07) is 20.2. The molecule has 38 heavy (non-hydrogen) atoms. The fourth-order valence-corrected chi connectivity index (χ4v) is 5.92. The van der Waals surface area contributed by atoms with E-state index in [9.17, 15) is 19.2 Å². The van der Waals surface area contributed by atoms with Crippen LogP contribution in [0, 0.1) is 11.8 Å². The van der Waals surface area contributed by atoms with Crippen molar-refractivity contribution in [1.29, 1.82) is 0 Å². The second kappa shape index (κ2) is 9.39. The molecule has 0 radical (unpaired) electrons. The molecule has 6 rings (SSSR count). The first-order valence-corrected chi connectivity index (χ1v) is 12.8. The van der Waals surface area contributed by atoms with Crippen LogP contribution in [0.1, 0.15) is 20.7 Å². The van der Waals surface area contributed by atoms with Crippen molar-refractivity contribution in [2.75, 3.05) is 4.90 Å². The molecule has 3 aliphatic rings. The van der Waals surface area contributed by atoms with Crippen LogP contribution >= 0.6 is 23.2 Å². The number of carbonyl (C=O) groups is 4. The number of fused-ring (bicyclic) bond motifs is 3. The van der Waals surface area contributed by atoms with Crippen LogP contribution < -0.4 is 4.90 Å². The first-order chi connectivity index (χ1) is 18.3. The van der Waals surface area contributed by atoms with Gasteiger partial charge in [-0.3, -0.25) is 19.2 Å². The molecule has 6 nitrogen and oxygen atoms in total. The van der Waals surface area contributed by atoms with Gasteiger partial charge < -0.3 is 4.90 Å². The number of halogens is 2. The molecule has 3 aromatic carbocycles. The van der Waals surface area contributed by atoms with Crippen LogP contribution in [0.3, 0.4) is 0 Å². The van der Waals surface area contributed by atoms with Crippen LogP contribution in [0.25, 0.3) is 0 Å². The molecule has 3 heterocycles. The minimum absolute atomic E-state index is 0.200. The summed E-state index contributed by atoms with van der Waals surface area (Å²) in [5.74, 6) is -3.20. The summed E-state index contributed by atoms with van der Waals surface area (Å²) in [5.41, 5.74) is 1.64. The molecule has 2 amide bonds. The molecule has 8 heteroatoms. The fraction of sp³-hybridized carbons (Fsp3) is 0.133. The molecule has 0 N–H and O–H groups in total. The lowest BCUT2D eigenvalue weighted by molar-refractivity contribution is -0.123. The Balaban J connectivity index is 1.44. The molecular weight excluding hydrogens is 523 g/mol. The lowest BCUT2D eigenvalue weighted by atomic mass is 9.85. The summed E-state index contributed by atoms with van der Waals surface area (Å²) in [5, 5.41) is 0.861. The van der Waals surface area contributed by atoms with E-state index in [2.05, 4.69) is 0 Å². The Morgan fingerprint density at radius 1 is 0.737 bits per heavy atom. The van der Waals surface area contributed by atoms with Crippen LogP contribution in [0.2, 0.25) is 10.0 Å². The van der Waals surface area contributed by atoms with Gasteiger partial charge in [-0.15, -0.1) is 0 Å². The molecular formula is C30H20Cl2N2O4. The van der Waals surface area contributed by atoms with Crippen LogP contribution in [0.4, 0.5) is 5.69 Å². The first-order valence-electron chi connectivity index (χ1n) is 12.1. The number of anilines is 1. The van der Waals surface area contributed by atoms with Gasteiger partial charge in [0.05, 0.1) is 23.6 Å². The first kappa shape index (κ1) is 24.3. The lowest BCUT2D eigenvalue weighted by Crippen LogP contribution is -2.46. The highest BCUT2D eigenvalue weighted by Gasteiger charge is 2.63. The average Bonchev–Trinajstić information content (AvgIpc) is 3.40. The third kappa shape index (κ3) is 3.88. The van der Waals surface area contributed by atoms with Crippen molar-refractivity contribution in [3.05, 3.63) is 124 Å². The summed E-state index contributed by atoms with van der Waals surface area (Å²) in [4.78, 5) is 57.6. The molecule has 188 valence electrons. The Bertz CT molecular complexity index is 1550. The van der Waals surface area contributed by atoms with E-state index in [1.165, 1.54) is 0 Å². The van der Waals surface area contributed by atoms with Crippen LogP contribution in [-0.4, -0.2) is 40.4 Å². The van der Waals surface area contributed by atoms with E-state index in [0.717, 1.165) is 4.90 Å². The van der Waals surface area contributed by atoms with Gasteiger partial charge in [0, 0.05) is 32.9 Å². The van der Waals surface area contributed by atoms with E-state index >= 15 is 0 Å². The summed E-state index contributed by atoms with van der Waals surface area (Å²) >= 11 is 12.2. The van der Waals surface area contributed by atoms with Crippen molar-refractivity contribution in [3.8, 4) is 0 Å². The summed E-state index contributed by atoms with van der Waals surface area (Å²) in [6.45, 7) is 0. The second-order valence-corrected chi connectivity index (χ2v) is 10.3. The highest BCUT2D eigenvalue weighted by Crippen LogP contribution is 2.47. The standard InChI is InChI=1S/C30H20Cl2N2O4/c31-20-11-9-18(10-12-20)28(36)26-25-24(29(37)34(30(25)38)22-8-4-7-21(32)16-22)23-15-19(13-14-33(23)26)27(35)17-5-2-1-3-6-17/h1-16,23-26H/t23-,24-,25+,26-/m1/s1. The van der Waals surface area contributed by atoms with E-state index in [0.29, 0.717) is 32.4 Å². The predicted octanol–water partition coefficient (Wildman–Crippen LogP) is 5.37. The molecule has 4 atom stereocenters. The number of hydrogen-bond donors (Lipinski definition) is 0. The highest BCUT2D eigenvalue weighted by atomic mass is 35.5. The molecule has 3 aliphatic heterocycles. The van der Waals surface area contributed by atoms with Crippen molar-refractivity contribution in [3.63, 3.8) is 0 Å². The van der Waals surface area contributed by atoms with Gasteiger partial charge in [-0.1, -0.05) is 65.7 Å². The number of carbonyl (C=O) groups excluding carboxylic acids is 4. The minimum atomic E-state index is -0.943.